The van der Waals surface area contributed by atoms with Crippen molar-refractivity contribution in [3.05, 3.63) is 64.2 Å². The average Bonchev–Trinajstić information content (AvgIpc) is 2.37. The number of nitro groups is 1. The lowest BCUT2D eigenvalue weighted by atomic mass is 10.2. The maximum Gasteiger partial charge on any atom is 0.311 e. The van der Waals surface area contributed by atoms with Crippen molar-refractivity contribution in [1.29, 1.82) is 0 Å². The Kier molecular flexibility index (Phi) is 3.43. The van der Waals surface area contributed by atoms with Crippen molar-refractivity contribution in [3.63, 3.8) is 0 Å². The molecular weight excluding hydrogens is 234 g/mol. The Balaban J connectivity index is 2.18. The number of ether oxygens (including phenoxy) is 1. The third-order valence-corrected chi connectivity index (χ3v) is 2.38. The molecule has 0 aliphatic carbocycles. The number of hydrogen-bond donors (Lipinski definition) is 1. The van der Waals surface area contributed by atoms with Crippen LogP contribution in [0.4, 0.5) is 5.69 Å². The Morgan fingerprint density at radius 3 is 2.56 bits per heavy atom. The average molecular weight is 245 g/mol. The molecule has 0 unspecified atom stereocenters. The van der Waals surface area contributed by atoms with Crippen LogP contribution >= 0.6 is 0 Å². The molecule has 0 fully saturated rings. The molecule has 0 aromatic heterocycles. The van der Waals surface area contributed by atoms with Gasteiger partial charge in [-0.3, -0.25) is 10.1 Å². The van der Waals surface area contributed by atoms with Gasteiger partial charge in [-0.15, -0.1) is 0 Å². The first kappa shape index (κ1) is 11.9. The summed E-state index contributed by atoms with van der Waals surface area (Å²) in [5.41, 5.74) is 0.735. The van der Waals surface area contributed by atoms with E-state index in [1.165, 1.54) is 18.2 Å². The van der Waals surface area contributed by atoms with Gasteiger partial charge in [-0.05, 0) is 11.6 Å². The normalized spacial score (nSPS) is 10.0. The number of rotatable bonds is 4. The minimum absolute atomic E-state index is 0.0591. The van der Waals surface area contributed by atoms with Gasteiger partial charge in [0.05, 0.1) is 4.92 Å². The summed E-state index contributed by atoms with van der Waals surface area (Å²) in [4.78, 5) is 10.2. The van der Waals surface area contributed by atoms with Crippen molar-refractivity contribution in [3.8, 4) is 11.5 Å². The van der Waals surface area contributed by atoms with Crippen LogP contribution in [0.25, 0.3) is 0 Å². The first-order valence-corrected chi connectivity index (χ1v) is 5.31. The second kappa shape index (κ2) is 5.18. The van der Waals surface area contributed by atoms with Crippen LogP contribution in [0.2, 0.25) is 0 Å². The highest BCUT2D eigenvalue weighted by atomic mass is 16.6. The monoisotopic (exact) mass is 245 g/mol. The topological polar surface area (TPSA) is 72.6 Å². The van der Waals surface area contributed by atoms with E-state index in [-0.39, 0.29) is 23.8 Å². The molecular formula is C13H11NO4. The quantitative estimate of drug-likeness (QED) is 0.664. The summed E-state index contributed by atoms with van der Waals surface area (Å²) in [7, 11) is 0. The molecule has 2 aromatic rings. The zero-order valence-corrected chi connectivity index (χ0v) is 9.45. The largest absolute Gasteiger partial charge is 0.508 e. The first-order valence-electron chi connectivity index (χ1n) is 5.31. The highest BCUT2D eigenvalue weighted by molar-refractivity contribution is 5.50. The molecule has 5 heteroatoms. The van der Waals surface area contributed by atoms with E-state index in [2.05, 4.69) is 0 Å². The number of aromatic hydroxyl groups is 1. The van der Waals surface area contributed by atoms with E-state index < -0.39 is 4.92 Å². The SMILES string of the molecule is O=[N+]([O-])c1ccc(O)cc1OCc1ccccc1. The summed E-state index contributed by atoms with van der Waals surface area (Å²) in [6.45, 7) is 0.213. The standard InChI is InChI=1S/C13H11NO4/c15-11-6-7-12(14(16)17)13(8-11)18-9-10-4-2-1-3-5-10/h1-8,15H,9H2. The van der Waals surface area contributed by atoms with Crippen LogP contribution in [0.15, 0.2) is 48.5 Å². The number of nitrogens with zero attached hydrogens (tertiary/aromatic N) is 1. The Bertz CT molecular complexity index is 554. The Morgan fingerprint density at radius 1 is 1.17 bits per heavy atom. The molecule has 92 valence electrons. The second-order valence-electron chi connectivity index (χ2n) is 3.68. The molecule has 0 radical (unpaired) electrons. The Morgan fingerprint density at radius 2 is 1.89 bits per heavy atom. The fourth-order valence-electron chi connectivity index (χ4n) is 1.50. The molecule has 5 nitrogen and oxygen atoms in total. The van der Waals surface area contributed by atoms with Crippen LogP contribution in [0.3, 0.4) is 0 Å². The molecule has 0 amide bonds. The highest BCUT2D eigenvalue weighted by Crippen LogP contribution is 2.31. The van der Waals surface area contributed by atoms with Crippen molar-refractivity contribution in [1.82, 2.24) is 0 Å². The van der Waals surface area contributed by atoms with Crippen molar-refractivity contribution in [2.75, 3.05) is 0 Å². The van der Waals surface area contributed by atoms with Gasteiger partial charge < -0.3 is 9.84 Å². The summed E-state index contributed by atoms with van der Waals surface area (Å²) < 4.78 is 5.36. The molecule has 0 aliphatic heterocycles. The van der Waals surface area contributed by atoms with Crippen LogP contribution in [-0.2, 0) is 6.61 Å². The molecule has 0 heterocycles. The molecule has 2 rings (SSSR count). The number of hydrogen-bond acceptors (Lipinski definition) is 4. The zero-order valence-electron chi connectivity index (χ0n) is 9.45. The van der Waals surface area contributed by atoms with Crippen LogP contribution < -0.4 is 4.74 Å². The molecule has 0 saturated heterocycles. The fourth-order valence-corrected chi connectivity index (χ4v) is 1.50. The minimum Gasteiger partial charge on any atom is -0.508 e. The van der Waals surface area contributed by atoms with Gasteiger partial charge in [0.2, 0.25) is 5.75 Å². The van der Waals surface area contributed by atoms with Crippen molar-refractivity contribution < 1.29 is 14.8 Å². The maximum atomic E-state index is 10.8. The van der Waals surface area contributed by atoms with E-state index in [1.54, 1.807) is 0 Å². The number of nitro benzene ring substituents is 1. The van der Waals surface area contributed by atoms with Crippen LogP contribution in [-0.4, -0.2) is 10.0 Å². The second-order valence-corrected chi connectivity index (χ2v) is 3.68. The van der Waals surface area contributed by atoms with Gasteiger partial charge in [0.1, 0.15) is 12.4 Å². The van der Waals surface area contributed by atoms with Gasteiger partial charge in [0, 0.05) is 12.1 Å². The van der Waals surface area contributed by atoms with Gasteiger partial charge in [0.15, 0.2) is 0 Å². The number of phenolic OH excluding ortho intramolecular Hbond substituents is 1. The van der Waals surface area contributed by atoms with Crippen LogP contribution in [0.5, 0.6) is 11.5 Å². The molecule has 0 spiro atoms. The van der Waals surface area contributed by atoms with E-state index in [4.69, 9.17) is 4.74 Å². The maximum absolute atomic E-state index is 10.8. The molecule has 0 saturated carbocycles. The lowest BCUT2D eigenvalue weighted by Crippen LogP contribution is -1.98. The van der Waals surface area contributed by atoms with E-state index in [0.717, 1.165) is 5.56 Å². The predicted molar refractivity (Wildman–Crippen MR) is 65.5 cm³/mol. The van der Waals surface area contributed by atoms with Crippen molar-refractivity contribution >= 4 is 5.69 Å². The van der Waals surface area contributed by atoms with Gasteiger partial charge in [-0.1, -0.05) is 30.3 Å². The molecule has 2 aromatic carbocycles. The number of phenols is 1. The van der Waals surface area contributed by atoms with Crippen LogP contribution in [0.1, 0.15) is 5.56 Å². The van der Waals surface area contributed by atoms with Gasteiger partial charge in [-0.25, -0.2) is 0 Å². The van der Waals surface area contributed by atoms with Gasteiger partial charge >= 0.3 is 5.69 Å². The van der Waals surface area contributed by atoms with E-state index in [1.807, 2.05) is 30.3 Å². The van der Waals surface area contributed by atoms with Crippen molar-refractivity contribution in [2.45, 2.75) is 6.61 Å². The van der Waals surface area contributed by atoms with Gasteiger partial charge in [0.25, 0.3) is 0 Å². The van der Waals surface area contributed by atoms with Gasteiger partial charge in [-0.2, -0.15) is 0 Å². The molecule has 0 atom stereocenters. The smallest absolute Gasteiger partial charge is 0.311 e. The first-order chi connectivity index (χ1) is 8.66. The zero-order chi connectivity index (χ0) is 13.0. The highest BCUT2D eigenvalue weighted by Gasteiger charge is 2.15. The fraction of sp³-hybridized carbons (Fsp3) is 0.0769. The lowest BCUT2D eigenvalue weighted by molar-refractivity contribution is -0.386. The predicted octanol–water partition coefficient (Wildman–Crippen LogP) is 2.88. The summed E-state index contributed by atoms with van der Waals surface area (Å²) >= 11 is 0. The number of benzene rings is 2. The molecule has 18 heavy (non-hydrogen) atoms. The Hall–Kier alpha value is -2.56. The molecule has 0 bridgehead atoms. The van der Waals surface area contributed by atoms with Crippen LogP contribution in [0, 0.1) is 10.1 Å². The lowest BCUT2D eigenvalue weighted by Gasteiger charge is -2.07. The minimum atomic E-state index is -0.542. The van der Waals surface area contributed by atoms with E-state index >= 15 is 0 Å². The summed E-state index contributed by atoms with van der Waals surface area (Å²) in [5.74, 6) is -0.00693. The third-order valence-electron chi connectivity index (χ3n) is 2.38. The Labute approximate surface area is 103 Å². The summed E-state index contributed by atoms with van der Waals surface area (Å²) in [6, 6.07) is 13.0. The third kappa shape index (κ3) is 2.76. The molecule has 1 N–H and O–H groups in total. The van der Waals surface area contributed by atoms with E-state index in [9.17, 15) is 15.2 Å². The van der Waals surface area contributed by atoms with E-state index in [0.29, 0.717) is 0 Å². The van der Waals surface area contributed by atoms with Crippen molar-refractivity contribution in [2.24, 2.45) is 0 Å². The summed E-state index contributed by atoms with van der Waals surface area (Å²) in [5, 5.41) is 20.1. The summed E-state index contributed by atoms with van der Waals surface area (Å²) in [6.07, 6.45) is 0. The molecule has 0 aliphatic rings.